The standard InChI is InChI=1S/C12H14N4O3S2/c1-19-7-6-13-11-14-15-12(21-11)20-8-9-2-4-10(5-3-9)16(17)18/h2-5H,6-8H2,1H3,(H,13,14). The molecule has 2 rings (SSSR count). The Kier molecular flexibility index (Phi) is 5.90. The van der Waals surface area contributed by atoms with Gasteiger partial charge in [-0.05, 0) is 5.56 Å². The van der Waals surface area contributed by atoms with Gasteiger partial charge in [0.25, 0.3) is 5.69 Å². The van der Waals surface area contributed by atoms with Gasteiger partial charge in [-0.3, -0.25) is 10.1 Å². The van der Waals surface area contributed by atoms with E-state index in [1.165, 1.54) is 23.5 Å². The largest absolute Gasteiger partial charge is 0.383 e. The molecule has 0 aliphatic carbocycles. The van der Waals surface area contributed by atoms with Gasteiger partial charge in [-0.25, -0.2) is 0 Å². The molecule has 112 valence electrons. The lowest BCUT2D eigenvalue weighted by Crippen LogP contribution is -2.06. The zero-order valence-electron chi connectivity index (χ0n) is 11.3. The summed E-state index contributed by atoms with van der Waals surface area (Å²) in [6.07, 6.45) is 0. The Morgan fingerprint density at radius 1 is 1.38 bits per heavy atom. The maximum atomic E-state index is 10.6. The molecule has 1 N–H and O–H groups in total. The average Bonchev–Trinajstić information content (AvgIpc) is 2.94. The van der Waals surface area contributed by atoms with Crippen molar-refractivity contribution >= 4 is 33.9 Å². The minimum Gasteiger partial charge on any atom is -0.383 e. The van der Waals surface area contributed by atoms with Gasteiger partial charge in [0.2, 0.25) is 5.13 Å². The molecule has 1 aromatic heterocycles. The van der Waals surface area contributed by atoms with Crippen LogP contribution in [0.4, 0.5) is 10.8 Å². The molecule has 0 saturated heterocycles. The van der Waals surface area contributed by atoms with E-state index < -0.39 is 4.92 Å². The first-order chi connectivity index (χ1) is 10.2. The van der Waals surface area contributed by atoms with Crippen molar-refractivity contribution < 1.29 is 9.66 Å². The van der Waals surface area contributed by atoms with E-state index in [2.05, 4.69) is 15.5 Å². The highest BCUT2D eigenvalue weighted by atomic mass is 32.2. The number of nitro groups is 1. The van der Waals surface area contributed by atoms with E-state index in [9.17, 15) is 10.1 Å². The van der Waals surface area contributed by atoms with Gasteiger partial charge in [-0.15, -0.1) is 10.2 Å². The Morgan fingerprint density at radius 2 is 2.14 bits per heavy atom. The fourth-order valence-corrected chi connectivity index (χ4v) is 3.19. The van der Waals surface area contributed by atoms with Crippen LogP contribution in [0, 0.1) is 10.1 Å². The molecule has 1 aromatic carbocycles. The summed E-state index contributed by atoms with van der Waals surface area (Å²) in [6.45, 7) is 1.31. The highest BCUT2D eigenvalue weighted by Gasteiger charge is 2.07. The van der Waals surface area contributed by atoms with Crippen LogP contribution in [0.5, 0.6) is 0 Å². The van der Waals surface area contributed by atoms with Crippen molar-refractivity contribution in [3.8, 4) is 0 Å². The molecule has 0 unspecified atom stereocenters. The maximum Gasteiger partial charge on any atom is 0.269 e. The Bertz CT molecular complexity index is 588. The molecular formula is C12H14N4O3S2. The Hall–Kier alpha value is -1.71. The van der Waals surface area contributed by atoms with Crippen LogP contribution in [0.2, 0.25) is 0 Å². The number of ether oxygens (including phenoxy) is 1. The molecule has 0 saturated carbocycles. The number of benzene rings is 1. The number of methoxy groups -OCH3 is 1. The second-order valence-corrected chi connectivity index (χ2v) is 6.20. The summed E-state index contributed by atoms with van der Waals surface area (Å²) in [5, 5.41) is 22.6. The normalized spacial score (nSPS) is 10.5. The van der Waals surface area contributed by atoms with Gasteiger partial charge in [0.1, 0.15) is 0 Å². The summed E-state index contributed by atoms with van der Waals surface area (Å²) < 4.78 is 5.80. The number of nitro benzene ring substituents is 1. The molecule has 9 heteroatoms. The van der Waals surface area contributed by atoms with Gasteiger partial charge in [0, 0.05) is 31.5 Å². The summed E-state index contributed by atoms with van der Waals surface area (Å²) in [5.74, 6) is 0.699. The van der Waals surface area contributed by atoms with Crippen LogP contribution in [0.3, 0.4) is 0 Å². The first kappa shape index (κ1) is 15.7. The number of nitrogens with one attached hydrogen (secondary N) is 1. The van der Waals surface area contributed by atoms with Crippen molar-refractivity contribution in [3.63, 3.8) is 0 Å². The topological polar surface area (TPSA) is 90.2 Å². The Labute approximate surface area is 129 Å². The molecule has 7 nitrogen and oxygen atoms in total. The highest BCUT2D eigenvalue weighted by molar-refractivity contribution is 8.00. The van der Waals surface area contributed by atoms with Crippen molar-refractivity contribution in [2.45, 2.75) is 10.1 Å². The SMILES string of the molecule is COCCNc1nnc(SCc2ccc([N+](=O)[O-])cc2)s1. The molecule has 21 heavy (non-hydrogen) atoms. The van der Waals surface area contributed by atoms with Crippen LogP contribution in [-0.2, 0) is 10.5 Å². The van der Waals surface area contributed by atoms with Crippen molar-refractivity contribution in [2.24, 2.45) is 0 Å². The minimum absolute atomic E-state index is 0.101. The van der Waals surface area contributed by atoms with Crippen LogP contribution in [0.1, 0.15) is 5.56 Å². The van der Waals surface area contributed by atoms with Gasteiger partial charge in [0.05, 0.1) is 11.5 Å². The monoisotopic (exact) mass is 326 g/mol. The van der Waals surface area contributed by atoms with Gasteiger partial charge in [0.15, 0.2) is 4.34 Å². The third kappa shape index (κ3) is 4.96. The van der Waals surface area contributed by atoms with Crippen molar-refractivity contribution in [2.75, 3.05) is 25.6 Å². The third-order valence-corrected chi connectivity index (χ3v) is 4.58. The number of hydrogen-bond acceptors (Lipinski definition) is 8. The summed E-state index contributed by atoms with van der Waals surface area (Å²) >= 11 is 3.03. The lowest BCUT2D eigenvalue weighted by molar-refractivity contribution is -0.384. The fourth-order valence-electron chi connectivity index (χ4n) is 1.46. The molecule has 0 aliphatic rings. The van der Waals surface area contributed by atoms with Gasteiger partial charge >= 0.3 is 0 Å². The fraction of sp³-hybridized carbons (Fsp3) is 0.333. The van der Waals surface area contributed by atoms with E-state index in [4.69, 9.17) is 4.74 Å². The Morgan fingerprint density at radius 3 is 2.81 bits per heavy atom. The number of aromatic nitrogens is 2. The van der Waals surface area contributed by atoms with Crippen molar-refractivity contribution in [1.29, 1.82) is 0 Å². The minimum atomic E-state index is -0.403. The zero-order valence-corrected chi connectivity index (χ0v) is 12.9. The number of thioether (sulfide) groups is 1. The Balaban J connectivity index is 1.83. The van der Waals surface area contributed by atoms with E-state index in [0.29, 0.717) is 18.9 Å². The van der Waals surface area contributed by atoms with E-state index in [1.807, 2.05) is 0 Å². The second-order valence-electron chi connectivity index (χ2n) is 4.00. The van der Waals surface area contributed by atoms with Gasteiger partial charge in [-0.2, -0.15) is 0 Å². The summed E-state index contributed by atoms with van der Waals surface area (Å²) in [4.78, 5) is 10.2. The smallest absolute Gasteiger partial charge is 0.269 e. The summed E-state index contributed by atoms with van der Waals surface area (Å²) in [7, 11) is 1.65. The summed E-state index contributed by atoms with van der Waals surface area (Å²) in [6, 6.07) is 6.52. The van der Waals surface area contributed by atoms with Crippen LogP contribution in [0.15, 0.2) is 28.6 Å². The molecule has 0 amide bonds. The molecule has 0 aliphatic heterocycles. The maximum absolute atomic E-state index is 10.6. The van der Waals surface area contributed by atoms with Crippen LogP contribution >= 0.6 is 23.1 Å². The lowest BCUT2D eigenvalue weighted by atomic mass is 10.2. The average molecular weight is 326 g/mol. The number of hydrogen-bond donors (Lipinski definition) is 1. The highest BCUT2D eigenvalue weighted by Crippen LogP contribution is 2.28. The third-order valence-electron chi connectivity index (χ3n) is 2.50. The lowest BCUT2D eigenvalue weighted by Gasteiger charge is -1.99. The number of non-ortho nitro benzene ring substituents is 1. The first-order valence-corrected chi connectivity index (χ1v) is 7.91. The number of nitrogens with zero attached hydrogens (tertiary/aromatic N) is 3. The molecule has 0 fully saturated rings. The van der Waals surface area contributed by atoms with Crippen molar-refractivity contribution in [1.82, 2.24) is 10.2 Å². The van der Waals surface area contributed by atoms with E-state index in [-0.39, 0.29) is 5.69 Å². The number of rotatable bonds is 8. The van der Waals surface area contributed by atoms with Crippen LogP contribution in [0.25, 0.3) is 0 Å². The molecular weight excluding hydrogens is 312 g/mol. The van der Waals surface area contributed by atoms with Gasteiger partial charge < -0.3 is 10.1 Å². The molecule has 0 bridgehead atoms. The molecule has 2 aromatic rings. The van der Waals surface area contributed by atoms with Gasteiger partial charge in [-0.1, -0.05) is 35.2 Å². The molecule has 0 atom stereocenters. The first-order valence-electron chi connectivity index (χ1n) is 6.11. The van der Waals surface area contributed by atoms with E-state index in [1.54, 1.807) is 31.0 Å². The summed E-state index contributed by atoms with van der Waals surface area (Å²) in [5.41, 5.74) is 1.11. The number of anilines is 1. The molecule has 0 radical (unpaired) electrons. The molecule has 1 heterocycles. The zero-order chi connectivity index (χ0) is 15.1. The predicted molar refractivity (Wildman–Crippen MR) is 82.9 cm³/mol. The predicted octanol–water partition coefficient (Wildman–Crippen LogP) is 2.80. The molecule has 0 spiro atoms. The van der Waals surface area contributed by atoms with Crippen molar-refractivity contribution in [3.05, 3.63) is 39.9 Å². The van der Waals surface area contributed by atoms with Crippen LogP contribution < -0.4 is 5.32 Å². The second kappa shape index (κ2) is 7.91. The van der Waals surface area contributed by atoms with Crippen LogP contribution in [-0.4, -0.2) is 35.4 Å². The quantitative estimate of drug-likeness (QED) is 0.345. The van der Waals surface area contributed by atoms with E-state index in [0.717, 1.165) is 15.0 Å². The van der Waals surface area contributed by atoms with E-state index >= 15 is 0 Å².